The van der Waals surface area contributed by atoms with Gasteiger partial charge < -0.3 is 5.73 Å². The van der Waals surface area contributed by atoms with Crippen LogP contribution in [0.15, 0.2) is 6.07 Å². The van der Waals surface area contributed by atoms with Crippen molar-refractivity contribution >= 4 is 0 Å². The first-order chi connectivity index (χ1) is 5.82. The van der Waals surface area contributed by atoms with Gasteiger partial charge in [-0.05, 0) is 13.0 Å². The van der Waals surface area contributed by atoms with Gasteiger partial charge in [-0.3, -0.25) is 4.68 Å². The van der Waals surface area contributed by atoms with Crippen LogP contribution in [-0.4, -0.2) is 9.78 Å². The predicted molar refractivity (Wildman–Crippen MR) is 54.5 cm³/mol. The van der Waals surface area contributed by atoms with Crippen LogP contribution in [0.1, 0.15) is 45.1 Å². The van der Waals surface area contributed by atoms with Crippen molar-refractivity contribution in [2.45, 2.75) is 39.2 Å². The lowest BCUT2D eigenvalue weighted by Gasteiger charge is -2.13. The Morgan fingerprint density at radius 3 is 2.23 bits per heavy atom. The molecule has 1 rings (SSSR count). The van der Waals surface area contributed by atoms with Gasteiger partial charge in [0, 0.05) is 18.5 Å². The Hall–Kier alpha value is -0.830. The molecule has 0 spiro atoms. The second-order valence-corrected chi connectivity index (χ2v) is 4.62. The van der Waals surface area contributed by atoms with E-state index in [-0.39, 0.29) is 11.5 Å². The fraction of sp³-hybridized carbons (Fsp3) is 0.700. The van der Waals surface area contributed by atoms with E-state index in [0.29, 0.717) is 0 Å². The first kappa shape index (κ1) is 10.3. The van der Waals surface area contributed by atoms with E-state index in [4.69, 9.17) is 5.73 Å². The Kier molecular flexibility index (Phi) is 2.48. The molecule has 0 fully saturated rings. The summed E-state index contributed by atoms with van der Waals surface area (Å²) in [7, 11) is 1.94. The third-order valence-corrected chi connectivity index (χ3v) is 2.15. The molecule has 0 saturated heterocycles. The smallest absolute Gasteiger partial charge is 0.0681 e. The minimum atomic E-state index is 0.0496. The highest BCUT2D eigenvalue weighted by atomic mass is 15.3. The van der Waals surface area contributed by atoms with Crippen molar-refractivity contribution in [2.24, 2.45) is 12.8 Å². The average molecular weight is 181 g/mol. The lowest BCUT2D eigenvalue weighted by atomic mass is 9.92. The van der Waals surface area contributed by atoms with Crippen LogP contribution in [0.3, 0.4) is 0 Å². The number of nitrogens with zero attached hydrogens (tertiary/aromatic N) is 2. The maximum Gasteiger partial charge on any atom is 0.0681 e. The molecule has 0 aromatic carbocycles. The highest BCUT2D eigenvalue weighted by Crippen LogP contribution is 2.22. The van der Waals surface area contributed by atoms with E-state index in [2.05, 4.69) is 31.9 Å². The first-order valence-electron chi connectivity index (χ1n) is 4.62. The van der Waals surface area contributed by atoms with Crippen LogP contribution in [0.25, 0.3) is 0 Å². The van der Waals surface area contributed by atoms with Crippen LogP contribution < -0.4 is 5.73 Å². The number of hydrogen-bond acceptors (Lipinski definition) is 2. The van der Waals surface area contributed by atoms with Gasteiger partial charge in [-0.25, -0.2) is 0 Å². The van der Waals surface area contributed by atoms with Crippen molar-refractivity contribution in [3.63, 3.8) is 0 Å². The van der Waals surface area contributed by atoms with Crippen LogP contribution in [0.4, 0.5) is 0 Å². The summed E-state index contributed by atoms with van der Waals surface area (Å²) >= 11 is 0. The monoisotopic (exact) mass is 181 g/mol. The van der Waals surface area contributed by atoms with Crippen LogP contribution >= 0.6 is 0 Å². The number of hydrogen-bond donors (Lipinski definition) is 1. The van der Waals surface area contributed by atoms with Crippen molar-refractivity contribution in [3.8, 4) is 0 Å². The number of aromatic nitrogens is 2. The molecule has 0 bridgehead atoms. The van der Waals surface area contributed by atoms with Gasteiger partial charge in [0.15, 0.2) is 0 Å². The summed E-state index contributed by atoms with van der Waals surface area (Å²) in [6.45, 7) is 8.43. The summed E-state index contributed by atoms with van der Waals surface area (Å²) in [6, 6.07) is 2.14. The molecule has 0 saturated carbocycles. The summed E-state index contributed by atoms with van der Waals surface area (Å²) in [5.74, 6) is 0. The third kappa shape index (κ3) is 2.10. The van der Waals surface area contributed by atoms with Crippen molar-refractivity contribution in [1.82, 2.24) is 9.78 Å². The summed E-state index contributed by atoms with van der Waals surface area (Å²) in [6.07, 6.45) is 0. The highest BCUT2D eigenvalue weighted by Gasteiger charge is 2.19. The molecule has 3 nitrogen and oxygen atoms in total. The Morgan fingerprint density at radius 2 is 2.00 bits per heavy atom. The molecule has 1 atom stereocenters. The molecule has 0 aliphatic carbocycles. The molecule has 1 unspecified atom stereocenters. The lowest BCUT2D eigenvalue weighted by Crippen LogP contribution is -2.12. The zero-order valence-corrected chi connectivity index (χ0v) is 9.13. The molecule has 1 heterocycles. The summed E-state index contributed by atoms with van der Waals surface area (Å²) < 4.78 is 1.87. The Morgan fingerprint density at radius 1 is 1.46 bits per heavy atom. The molecule has 0 radical (unpaired) electrons. The van der Waals surface area contributed by atoms with Crippen molar-refractivity contribution in [1.29, 1.82) is 0 Å². The quantitative estimate of drug-likeness (QED) is 0.717. The molecule has 13 heavy (non-hydrogen) atoms. The van der Waals surface area contributed by atoms with Crippen LogP contribution in [0.5, 0.6) is 0 Å². The predicted octanol–water partition coefficient (Wildman–Crippen LogP) is 1.74. The van der Waals surface area contributed by atoms with E-state index >= 15 is 0 Å². The average Bonchev–Trinajstić information content (AvgIpc) is 2.29. The zero-order chi connectivity index (χ0) is 10.2. The number of rotatable bonds is 1. The molecule has 1 aromatic heterocycles. The van der Waals surface area contributed by atoms with Crippen LogP contribution in [-0.2, 0) is 12.5 Å². The van der Waals surface area contributed by atoms with E-state index in [1.807, 2.05) is 18.7 Å². The molecule has 0 aliphatic heterocycles. The summed E-state index contributed by atoms with van der Waals surface area (Å²) in [4.78, 5) is 0. The Bertz CT molecular complexity index is 292. The largest absolute Gasteiger partial charge is 0.323 e. The van der Waals surface area contributed by atoms with Gasteiger partial charge >= 0.3 is 0 Å². The normalized spacial score (nSPS) is 14.6. The molecular weight excluding hydrogens is 162 g/mol. The van der Waals surface area contributed by atoms with E-state index in [9.17, 15) is 0 Å². The van der Waals surface area contributed by atoms with Crippen LogP contribution in [0, 0.1) is 0 Å². The Labute approximate surface area is 79.9 Å². The number of aryl methyl sites for hydroxylation is 1. The zero-order valence-electron chi connectivity index (χ0n) is 9.13. The molecule has 2 N–H and O–H groups in total. The maximum atomic E-state index is 5.81. The minimum absolute atomic E-state index is 0.0496. The van der Waals surface area contributed by atoms with E-state index in [1.165, 1.54) is 0 Å². The SMILES string of the molecule is CC(N)c1cc(C(C)(C)C)nn1C. The standard InChI is InChI=1S/C10H19N3/c1-7(11)8-6-9(10(2,3)4)12-13(8)5/h6-7H,11H2,1-5H3. The fourth-order valence-electron chi connectivity index (χ4n) is 1.27. The van der Waals surface area contributed by atoms with Gasteiger partial charge in [-0.1, -0.05) is 20.8 Å². The van der Waals surface area contributed by atoms with Crippen molar-refractivity contribution < 1.29 is 0 Å². The van der Waals surface area contributed by atoms with E-state index in [1.54, 1.807) is 0 Å². The summed E-state index contributed by atoms with van der Waals surface area (Å²) in [5.41, 5.74) is 8.10. The highest BCUT2D eigenvalue weighted by molar-refractivity contribution is 5.19. The fourth-order valence-corrected chi connectivity index (χ4v) is 1.27. The second-order valence-electron chi connectivity index (χ2n) is 4.62. The Balaban J connectivity index is 3.10. The third-order valence-electron chi connectivity index (χ3n) is 2.15. The molecule has 0 amide bonds. The maximum absolute atomic E-state index is 5.81. The summed E-state index contributed by atoms with van der Waals surface area (Å²) in [5, 5.41) is 4.44. The molecule has 74 valence electrons. The van der Waals surface area contributed by atoms with Gasteiger partial charge in [0.2, 0.25) is 0 Å². The topological polar surface area (TPSA) is 43.8 Å². The van der Waals surface area contributed by atoms with Gasteiger partial charge in [0.25, 0.3) is 0 Å². The number of nitrogens with two attached hydrogens (primary N) is 1. The molecule has 0 aliphatic rings. The molecule has 3 heteroatoms. The molecule has 1 aromatic rings. The van der Waals surface area contributed by atoms with Gasteiger partial charge in [-0.2, -0.15) is 5.10 Å². The van der Waals surface area contributed by atoms with E-state index < -0.39 is 0 Å². The molecular formula is C10H19N3. The first-order valence-corrected chi connectivity index (χ1v) is 4.62. The van der Waals surface area contributed by atoms with Crippen molar-refractivity contribution in [3.05, 3.63) is 17.5 Å². The van der Waals surface area contributed by atoms with Crippen molar-refractivity contribution in [2.75, 3.05) is 0 Å². The van der Waals surface area contributed by atoms with Gasteiger partial charge in [0.1, 0.15) is 0 Å². The second kappa shape index (κ2) is 3.14. The van der Waals surface area contributed by atoms with Gasteiger partial charge in [-0.15, -0.1) is 0 Å². The van der Waals surface area contributed by atoms with E-state index in [0.717, 1.165) is 11.4 Å². The van der Waals surface area contributed by atoms with Crippen LogP contribution in [0.2, 0.25) is 0 Å². The van der Waals surface area contributed by atoms with Gasteiger partial charge in [0.05, 0.1) is 11.4 Å². The lowest BCUT2D eigenvalue weighted by molar-refractivity contribution is 0.549. The minimum Gasteiger partial charge on any atom is -0.323 e.